The van der Waals surface area contributed by atoms with E-state index >= 15 is 4.39 Å². The smallest absolute Gasteiger partial charge is 0.208 e. The highest BCUT2D eigenvalue weighted by Crippen LogP contribution is 2.32. The molecule has 0 amide bonds. The van der Waals surface area contributed by atoms with Crippen LogP contribution >= 0.6 is 0 Å². The third-order valence-corrected chi connectivity index (χ3v) is 6.75. The number of carbonyl (C=O) groups excluding carboxylic acids is 1. The van der Waals surface area contributed by atoms with Crippen molar-refractivity contribution in [2.75, 3.05) is 29.9 Å². The summed E-state index contributed by atoms with van der Waals surface area (Å²) in [7, 11) is 1.93. The Balaban J connectivity index is 1.38. The quantitative estimate of drug-likeness (QED) is 0.591. The maximum Gasteiger partial charge on any atom is 0.208 e. The lowest BCUT2D eigenvalue weighted by atomic mass is 9.96. The van der Waals surface area contributed by atoms with E-state index in [1.807, 2.05) is 41.1 Å². The molecular weight excluding hydrogens is 407 g/mol. The summed E-state index contributed by atoms with van der Waals surface area (Å²) in [5.74, 6) is 1.59. The van der Waals surface area contributed by atoms with Crippen LogP contribution in [-0.4, -0.2) is 48.0 Å². The summed E-state index contributed by atoms with van der Waals surface area (Å²) in [6, 6.07) is 8.29. The largest absolute Gasteiger partial charge is 0.489 e. The van der Waals surface area contributed by atoms with Gasteiger partial charge in [-0.3, -0.25) is 0 Å². The predicted octanol–water partition coefficient (Wildman–Crippen LogP) is 4.73. The predicted molar refractivity (Wildman–Crippen MR) is 124 cm³/mol. The molecule has 2 fully saturated rings. The summed E-state index contributed by atoms with van der Waals surface area (Å²) >= 11 is 0. The number of nitrogens with zero attached hydrogens (tertiary/aromatic N) is 4. The van der Waals surface area contributed by atoms with Crippen LogP contribution in [0.2, 0.25) is 0 Å². The highest BCUT2D eigenvalue weighted by atomic mass is 19.1. The van der Waals surface area contributed by atoms with E-state index in [9.17, 15) is 4.79 Å². The SMILES string of the molecule is CC(=O)C[C@@H](C)c1ccc(O[C@@H]2CCN(c3ncnc(N(C)C4CCCC4)c3F)C2)cc1. The van der Waals surface area contributed by atoms with Gasteiger partial charge in [0.2, 0.25) is 5.82 Å². The van der Waals surface area contributed by atoms with Gasteiger partial charge < -0.3 is 19.3 Å². The molecule has 4 rings (SSSR count). The highest BCUT2D eigenvalue weighted by molar-refractivity contribution is 5.76. The minimum absolute atomic E-state index is 0.0270. The Kier molecular flexibility index (Phi) is 6.92. The molecule has 2 aromatic rings. The van der Waals surface area contributed by atoms with E-state index in [-0.39, 0.29) is 23.6 Å². The number of hydrogen-bond donors (Lipinski definition) is 0. The Hall–Kier alpha value is -2.70. The standard InChI is InChI=1S/C25H33FN4O2/c1-17(14-18(2)31)19-8-10-21(11-9-19)32-22-12-13-30(15-22)25-23(26)24(27-16-28-25)29(3)20-6-4-5-7-20/h8-11,16-17,20,22H,4-7,12-15H2,1-3H3/t17-,22-/m1/s1. The zero-order valence-electron chi connectivity index (χ0n) is 19.3. The summed E-state index contributed by atoms with van der Waals surface area (Å²) < 4.78 is 21.5. The van der Waals surface area contributed by atoms with E-state index in [2.05, 4.69) is 16.9 Å². The van der Waals surface area contributed by atoms with E-state index in [1.165, 1.54) is 19.2 Å². The summed E-state index contributed by atoms with van der Waals surface area (Å²) in [4.78, 5) is 23.8. The van der Waals surface area contributed by atoms with E-state index in [1.54, 1.807) is 6.92 Å². The molecule has 7 heteroatoms. The Morgan fingerprint density at radius 2 is 1.94 bits per heavy atom. The van der Waals surface area contributed by atoms with Crippen molar-refractivity contribution in [2.24, 2.45) is 0 Å². The number of ether oxygens (including phenoxy) is 1. The molecular formula is C25H33FN4O2. The van der Waals surface area contributed by atoms with Crippen molar-refractivity contribution in [3.8, 4) is 5.75 Å². The molecule has 1 aliphatic carbocycles. The monoisotopic (exact) mass is 440 g/mol. The van der Waals surface area contributed by atoms with Gasteiger partial charge in [-0.25, -0.2) is 9.97 Å². The first-order valence-electron chi connectivity index (χ1n) is 11.7. The molecule has 0 unspecified atom stereocenters. The number of benzene rings is 1. The molecule has 2 heterocycles. The third-order valence-electron chi connectivity index (χ3n) is 6.75. The van der Waals surface area contributed by atoms with Gasteiger partial charge >= 0.3 is 0 Å². The van der Waals surface area contributed by atoms with Crippen LogP contribution in [0.3, 0.4) is 0 Å². The molecule has 172 valence electrons. The van der Waals surface area contributed by atoms with Gasteiger partial charge in [0.25, 0.3) is 0 Å². The molecule has 0 radical (unpaired) electrons. The van der Waals surface area contributed by atoms with Gasteiger partial charge in [-0.05, 0) is 43.4 Å². The van der Waals surface area contributed by atoms with E-state index in [0.717, 1.165) is 30.6 Å². The van der Waals surface area contributed by atoms with Crippen LogP contribution in [0.5, 0.6) is 5.75 Å². The third kappa shape index (κ3) is 5.03. The Morgan fingerprint density at radius 3 is 2.62 bits per heavy atom. The lowest BCUT2D eigenvalue weighted by molar-refractivity contribution is -0.117. The molecule has 0 bridgehead atoms. The zero-order valence-corrected chi connectivity index (χ0v) is 19.3. The highest BCUT2D eigenvalue weighted by Gasteiger charge is 2.30. The summed E-state index contributed by atoms with van der Waals surface area (Å²) in [6.07, 6.45) is 7.34. The minimum Gasteiger partial charge on any atom is -0.489 e. The van der Waals surface area contributed by atoms with E-state index < -0.39 is 0 Å². The number of hydrogen-bond acceptors (Lipinski definition) is 6. The molecule has 0 N–H and O–H groups in total. The van der Waals surface area contributed by atoms with Crippen LogP contribution in [0.15, 0.2) is 30.6 Å². The molecule has 1 saturated carbocycles. The van der Waals surface area contributed by atoms with Gasteiger partial charge in [0, 0.05) is 32.5 Å². The van der Waals surface area contributed by atoms with Crippen LogP contribution in [0.1, 0.15) is 63.9 Å². The molecule has 32 heavy (non-hydrogen) atoms. The van der Waals surface area contributed by atoms with Crippen LogP contribution < -0.4 is 14.5 Å². The van der Waals surface area contributed by atoms with Crippen molar-refractivity contribution in [1.82, 2.24) is 9.97 Å². The second-order valence-corrected chi connectivity index (χ2v) is 9.23. The molecule has 1 aromatic heterocycles. The average Bonchev–Trinajstić information content (AvgIpc) is 3.46. The van der Waals surface area contributed by atoms with Crippen LogP contribution in [0.4, 0.5) is 16.0 Å². The number of aromatic nitrogens is 2. The zero-order chi connectivity index (χ0) is 22.7. The maximum absolute atomic E-state index is 15.3. The Bertz CT molecular complexity index is 930. The molecule has 6 nitrogen and oxygen atoms in total. The number of ketones is 1. The number of rotatable bonds is 8. The van der Waals surface area contributed by atoms with E-state index in [4.69, 9.17) is 4.74 Å². The first kappa shape index (κ1) is 22.5. The van der Waals surface area contributed by atoms with Crippen molar-refractivity contribution in [3.63, 3.8) is 0 Å². The number of anilines is 2. The second kappa shape index (κ2) is 9.84. The first-order valence-corrected chi connectivity index (χ1v) is 11.7. The van der Waals surface area contributed by atoms with Crippen molar-refractivity contribution in [2.45, 2.75) is 70.4 Å². The lowest BCUT2D eigenvalue weighted by Gasteiger charge is -2.27. The number of halogens is 1. The average molecular weight is 441 g/mol. The lowest BCUT2D eigenvalue weighted by Crippen LogP contribution is -2.32. The van der Waals surface area contributed by atoms with Gasteiger partial charge in [-0.15, -0.1) is 0 Å². The number of Topliss-reactive ketones (excluding diaryl/α,β-unsaturated/α-hetero) is 1. The Labute approximate surface area is 189 Å². The van der Waals surface area contributed by atoms with Crippen LogP contribution in [0.25, 0.3) is 0 Å². The molecule has 2 aliphatic rings. The summed E-state index contributed by atoms with van der Waals surface area (Å²) in [6.45, 7) is 4.96. The van der Waals surface area contributed by atoms with Gasteiger partial charge in [0.1, 0.15) is 24.0 Å². The Morgan fingerprint density at radius 1 is 1.22 bits per heavy atom. The molecule has 0 spiro atoms. The summed E-state index contributed by atoms with van der Waals surface area (Å²) in [5.41, 5.74) is 1.13. The fourth-order valence-electron chi connectivity index (χ4n) is 4.92. The normalized spacial score (nSPS) is 19.9. The minimum atomic E-state index is -0.341. The molecule has 2 atom stereocenters. The maximum atomic E-state index is 15.3. The second-order valence-electron chi connectivity index (χ2n) is 9.23. The van der Waals surface area contributed by atoms with Gasteiger partial charge in [-0.1, -0.05) is 31.9 Å². The van der Waals surface area contributed by atoms with Gasteiger partial charge in [0.05, 0.1) is 6.54 Å². The van der Waals surface area contributed by atoms with Gasteiger partial charge in [-0.2, -0.15) is 4.39 Å². The number of carbonyl (C=O) groups is 1. The van der Waals surface area contributed by atoms with Crippen molar-refractivity contribution in [3.05, 3.63) is 42.0 Å². The topological polar surface area (TPSA) is 58.6 Å². The van der Waals surface area contributed by atoms with Crippen molar-refractivity contribution in [1.29, 1.82) is 0 Å². The molecule has 1 aromatic carbocycles. The van der Waals surface area contributed by atoms with Gasteiger partial charge in [0.15, 0.2) is 11.6 Å². The fourth-order valence-corrected chi connectivity index (χ4v) is 4.92. The van der Waals surface area contributed by atoms with Crippen molar-refractivity contribution < 1.29 is 13.9 Å². The van der Waals surface area contributed by atoms with E-state index in [0.29, 0.717) is 37.2 Å². The molecule has 1 aliphatic heterocycles. The molecule has 1 saturated heterocycles. The fraction of sp³-hybridized carbons (Fsp3) is 0.560. The first-order chi connectivity index (χ1) is 15.4. The van der Waals surface area contributed by atoms with Crippen LogP contribution in [-0.2, 0) is 4.79 Å². The van der Waals surface area contributed by atoms with Crippen molar-refractivity contribution >= 4 is 17.4 Å². The van der Waals surface area contributed by atoms with Crippen LogP contribution in [0, 0.1) is 5.82 Å². The summed E-state index contributed by atoms with van der Waals surface area (Å²) in [5, 5.41) is 0.